The summed E-state index contributed by atoms with van der Waals surface area (Å²) in [5.41, 5.74) is 7.36. The molecule has 1 aromatic heterocycles. The molecule has 0 amide bonds. The Bertz CT molecular complexity index is 1080. The van der Waals surface area contributed by atoms with E-state index in [0.29, 0.717) is 17.0 Å². The summed E-state index contributed by atoms with van der Waals surface area (Å²) in [5.74, 6) is 0.700. The molecule has 0 saturated carbocycles. The molecule has 4 aromatic rings. The second-order valence-electron chi connectivity index (χ2n) is 5.61. The van der Waals surface area contributed by atoms with Gasteiger partial charge in [0.1, 0.15) is 17.9 Å². The molecule has 1 heterocycles. The van der Waals surface area contributed by atoms with Crippen LogP contribution >= 0.6 is 0 Å². The summed E-state index contributed by atoms with van der Waals surface area (Å²) in [4.78, 5) is 12.0. The molecule has 0 saturated heterocycles. The summed E-state index contributed by atoms with van der Waals surface area (Å²) < 4.78 is 11.2. The van der Waals surface area contributed by atoms with E-state index in [1.54, 1.807) is 24.3 Å². The van der Waals surface area contributed by atoms with Gasteiger partial charge in [0.05, 0.1) is 0 Å². The van der Waals surface area contributed by atoms with Gasteiger partial charge < -0.3 is 14.9 Å². The minimum Gasteiger partial charge on any atom is -0.489 e. The molecule has 4 heteroatoms. The Balaban J connectivity index is 1.78. The Labute approximate surface area is 138 Å². The Kier molecular flexibility index (Phi) is 3.43. The van der Waals surface area contributed by atoms with Crippen molar-refractivity contribution in [2.45, 2.75) is 6.61 Å². The highest BCUT2D eigenvalue weighted by Gasteiger charge is 2.09. The monoisotopic (exact) mass is 317 g/mol. The van der Waals surface area contributed by atoms with Gasteiger partial charge in [0.25, 0.3) is 0 Å². The highest BCUT2D eigenvalue weighted by Crippen LogP contribution is 2.27. The van der Waals surface area contributed by atoms with Crippen LogP contribution in [0.15, 0.2) is 75.9 Å². The molecule has 24 heavy (non-hydrogen) atoms. The van der Waals surface area contributed by atoms with E-state index >= 15 is 0 Å². The normalized spacial score (nSPS) is 11.0. The fourth-order valence-electron chi connectivity index (χ4n) is 2.80. The van der Waals surface area contributed by atoms with Crippen molar-refractivity contribution in [1.29, 1.82) is 0 Å². The van der Waals surface area contributed by atoms with E-state index in [1.807, 2.05) is 36.4 Å². The number of rotatable bonds is 3. The van der Waals surface area contributed by atoms with Crippen LogP contribution in [0.3, 0.4) is 0 Å². The number of nitrogen functional groups attached to an aromatic ring is 1. The van der Waals surface area contributed by atoms with E-state index in [2.05, 4.69) is 0 Å². The third-order valence-electron chi connectivity index (χ3n) is 3.99. The first kappa shape index (κ1) is 14.3. The van der Waals surface area contributed by atoms with E-state index in [-0.39, 0.29) is 12.2 Å². The lowest BCUT2D eigenvalue weighted by Crippen LogP contribution is -2.04. The molecule has 4 rings (SSSR count). The molecule has 0 aliphatic carbocycles. The molecule has 0 bridgehead atoms. The lowest BCUT2D eigenvalue weighted by molar-refractivity contribution is 0.306. The zero-order valence-corrected chi connectivity index (χ0v) is 12.9. The van der Waals surface area contributed by atoms with Crippen LogP contribution in [0.1, 0.15) is 5.56 Å². The van der Waals surface area contributed by atoms with Crippen molar-refractivity contribution in [2.75, 3.05) is 5.73 Å². The predicted molar refractivity (Wildman–Crippen MR) is 95.2 cm³/mol. The second-order valence-corrected chi connectivity index (χ2v) is 5.61. The van der Waals surface area contributed by atoms with Crippen LogP contribution in [0, 0.1) is 0 Å². The highest BCUT2D eigenvalue weighted by molar-refractivity contribution is 6.04. The smallest absolute Gasteiger partial charge is 0.336 e. The zero-order chi connectivity index (χ0) is 16.5. The molecule has 3 aromatic carbocycles. The van der Waals surface area contributed by atoms with Gasteiger partial charge in [-0.1, -0.05) is 36.4 Å². The maximum Gasteiger partial charge on any atom is 0.336 e. The van der Waals surface area contributed by atoms with Gasteiger partial charge in [-0.15, -0.1) is 0 Å². The number of nitrogens with two attached hydrogens (primary N) is 1. The van der Waals surface area contributed by atoms with Crippen molar-refractivity contribution in [2.24, 2.45) is 0 Å². The number of ether oxygens (including phenoxy) is 1. The summed E-state index contributed by atoms with van der Waals surface area (Å²) in [6.07, 6.45) is 0. The maximum atomic E-state index is 12.0. The average Bonchev–Trinajstić information content (AvgIpc) is 2.61. The second kappa shape index (κ2) is 5.74. The van der Waals surface area contributed by atoms with Crippen molar-refractivity contribution in [1.82, 2.24) is 0 Å². The van der Waals surface area contributed by atoms with Gasteiger partial charge in [-0.2, -0.15) is 0 Å². The van der Waals surface area contributed by atoms with Gasteiger partial charge in [0, 0.05) is 28.1 Å². The fraction of sp³-hybridized carbons (Fsp3) is 0.0500. The van der Waals surface area contributed by atoms with Gasteiger partial charge in [0.15, 0.2) is 0 Å². The first-order chi connectivity index (χ1) is 11.7. The van der Waals surface area contributed by atoms with Crippen molar-refractivity contribution in [3.8, 4) is 5.75 Å². The van der Waals surface area contributed by atoms with E-state index in [4.69, 9.17) is 14.9 Å². The number of hydrogen-bond donors (Lipinski definition) is 1. The van der Waals surface area contributed by atoms with Crippen LogP contribution < -0.4 is 16.1 Å². The molecule has 4 nitrogen and oxygen atoms in total. The SMILES string of the molecule is Nc1ccc(OCc2cc(=O)oc3c2ccc2ccccc23)cc1. The van der Waals surface area contributed by atoms with Crippen molar-refractivity contribution in [3.05, 3.63) is 82.7 Å². The van der Waals surface area contributed by atoms with Crippen LogP contribution in [0.25, 0.3) is 21.7 Å². The van der Waals surface area contributed by atoms with E-state index in [1.165, 1.54) is 6.07 Å². The van der Waals surface area contributed by atoms with Crippen molar-refractivity contribution in [3.63, 3.8) is 0 Å². The molecule has 0 unspecified atom stereocenters. The lowest BCUT2D eigenvalue weighted by Gasteiger charge is -2.10. The molecule has 118 valence electrons. The van der Waals surface area contributed by atoms with E-state index in [9.17, 15) is 4.79 Å². The summed E-state index contributed by atoms with van der Waals surface area (Å²) >= 11 is 0. The summed E-state index contributed by atoms with van der Waals surface area (Å²) in [7, 11) is 0. The summed E-state index contributed by atoms with van der Waals surface area (Å²) in [6, 6.07) is 20.5. The van der Waals surface area contributed by atoms with Gasteiger partial charge in [0.2, 0.25) is 0 Å². The minimum atomic E-state index is -0.380. The Morgan fingerprint density at radius 1 is 0.917 bits per heavy atom. The van der Waals surface area contributed by atoms with E-state index < -0.39 is 0 Å². The standard InChI is InChI=1S/C20H15NO3/c21-15-6-8-16(9-7-15)23-12-14-11-19(22)24-20-17-4-2-1-3-13(17)5-10-18(14)20/h1-11H,12,21H2. The van der Waals surface area contributed by atoms with Crippen LogP contribution in [0.2, 0.25) is 0 Å². The Morgan fingerprint density at radius 2 is 1.71 bits per heavy atom. The first-order valence-corrected chi connectivity index (χ1v) is 7.63. The first-order valence-electron chi connectivity index (χ1n) is 7.63. The number of fused-ring (bicyclic) bond motifs is 3. The molecule has 0 aliphatic heterocycles. The Hall–Kier alpha value is -3.27. The molecule has 0 aliphatic rings. The van der Waals surface area contributed by atoms with Gasteiger partial charge in [-0.05, 0) is 29.7 Å². The Morgan fingerprint density at radius 3 is 2.54 bits per heavy atom. The molecular formula is C20H15NO3. The van der Waals surface area contributed by atoms with Crippen molar-refractivity contribution >= 4 is 27.4 Å². The quantitative estimate of drug-likeness (QED) is 0.351. The van der Waals surface area contributed by atoms with Crippen molar-refractivity contribution < 1.29 is 9.15 Å². The minimum absolute atomic E-state index is 0.282. The zero-order valence-electron chi connectivity index (χ0n) is 12.9. The lowest BCUT2D eigenvalue weighted by atomic mass is 10.0. The van der Waals surface area contributed by atoms with Gasteiger partial charge in [-0.25, -0.2) is 4.79 Å². The molecule has 0 radical (unpaired) electrons. The molecule has 2 N–H and O–H groups in total. The number of benzene rings is 3. The fourth-order valence-corrected chi connectivity index (χ4v) is 2.80. The van der Waals surface area contributed by atoms with Crippen LogP contribution in [0.5, 0.6) is 5.75 Å². The average molecular weight is 317 g/mol. The third-order valence-corrected chi connectivity index (χ3v) is 3.99. The van der Waals surface area contributed by atoms with Crippen LogP contribution in [0.4, 0.5) is 5.69 Å². The molecule has 0 atom stereocenters. The highest BCUT2D eigenvalue weighted by atomic mass is 16.5. The maximum absolute atomic E-state index is 12.0. The topological polar surface area (TPSA) is 65.5 Å². The van der Waals surface area contributed by atoms with E-state index in [0.717, 1.165) is 21.7 Å². The van der Waals surface area contributed by atoms with Crippen LogP contribution in [-0.4, -0.2) is 0 Å². The number of hydrogen-bond acceptors (Lipinski definition) is 4. The largest absolute Gasteiger partial charge is 0.489 e. The third kappa shape index (κ3) is 2.58. The molecule has 0 fully saturated rings. The van der Waals surface area contributed by atoms with Crippen LogP contribution in [-0.2, 0) is 6.61 Å². The summed E-state index contributed by atoms with van der Waals surface area (Å²) in [6.45, 7) is 0.282. The van der Waals surface area contributed by atoms with Gasteiger partial charge in [-0.3, -0.25) is 0 Å². The molecular weight excluding hydrogens is 302 g/mol. The summed E-state index contributed by atoms with van der Waals surface area (Å²) in [5, 5.41) is 2.83. The predicted octanol–water partition coefficient (Wildman–Crippen LogP) is 4.11. The number of anilines is 1. The van der Waals surface area contributed by atoms with Gasteiger partial charge >= 0.3 is 5.63 Å². The molecule has 0 spiro atoms.